The molecule has 1 aromatic carbocycles. The van der Waals surface area contributed by atoms with Gasteiger partial charge in [-0.2, -0.15) is 0 Å². The van der Waals surface area contributed by atoms with Crippen molar-refractivity contribution < 1.29 is 19.4 Å². The van der Waals surface area contributed by atoms with E-state index >= 15 is 0 Å². The van der Waals surface area contributed by atoms with Gasteiger partial charge in [-0.3, -0.25) is 0 Å². The van der Waals surface area contributed by atoms with Crippen LogP contribution in [-0.4, -0.2) is 34.3 Å². The smallest absolute Gasteiger partial charge is 0.354 e. The summed E-state index contributed by atoms with van der Waals surface area (Å²) < 4.78 is 11.6. The molecule has 0 unspecified atom stereocenters. The van der Waals surface area contributed by atoms with E-state index in [4.69, 9.17) is 14.6 Å². The predicted octanol–water partition coefficient (Wildman–Crippen LogP) is 3.99. The van der Waals surface area contributed by atoms with E-state index in [0.717, 1.165) is 24.0 Å². The molecule has 4 rings (SSSR count). The monoisotopic (exact) mass is 402 g/mol. The van der Waals surface area contributed by atoms with Gasteiger partial charge in [-0.15, -0.1) is 0 Å². The molecule has 3 aromatic rings. The van der Waals surface area contributed by atoms with Crippen LogP contribution in [0.5, 0.6) is 11.6 Å². The number of pyridine rings is 2. The SMILES string of the molecule is C=C(Cc1ccnc(C(=O)O)c1)c1ccc(OC)c(OC2Cc3ccccc3C2)n1. The number of hydrogen-bond acceptors (Lipinski definition) is 5. The molecule has 0 saturated heterocycles. The van der Waals surface area contributed by atoms with Crippen LogP contribution in [0.1, 0.15) is 32.9 Å². The van der Waals surface area contributed by atoms with Crippen molar-refractivity contribution >= 4 is 11.5 Å². The number of allylic oxidation sites excluding steroid dienone is 1. The minimum Gasteiger partial charge on any atom is -0.491 e. The Hall–Kier alpha value is -3.67. The number of methoxy groups -OCH3 is 1. The molecule has 2 aromatic heterocycles. The quantitative estimate of drug-likeness (QED) is 0.644. The van der Waals surface area contributed by atoms with Crippen LogP contribution in [0.15, 0.2) is 61.3 Å². The first-order chi connectivity index (χ1) is 14.5. The van der Waals surface area contributed by atoms with Gasteiger partial charge in [-0.1, -0.05) is 30.8 Å². The lowest BCUT2D eigenvalue weighted by molar-refractivity contribution is 0.0690. The summed E-state index contributed by atoms with van der Waals surface area (Å²) in [7, 11) is 1.59. The van der Waals surface area contributed by atoms with Gasteiger partial charge in [0.05, 0.1) is 12.8 Å². The van der Waals surface area contributed by atoms with Crippen LogP contribution < -0.4 is 9.47 Å². The van der Waals surface area contributed by atoms with Crippen LogP contribution in [-0.2, 0) is 19.3 Å². The average molecular weight is 402 g/mol. The summed E-state index contributed by atoms with van der Waals surface area (Å²) in [4.78, 5) is 19.6. The fourth-order valence-corrected chi connectivity index (χ4v) is 3.66. The molecule has 0 aliphatic heterocycles. The highest BCUT2D eigenvalue weighted by Gasteiger charge is 2.24. The minimum absolute atomic E-state index is 0.00522. The van der Waals surface area contributed by atoms with Gasteiger partial charge in [0, 0.05) is 19.0 Å². The summed E-state index contributed by atoms with van der Waals surface area (Å²) in [5, 5.41) is 9.13. The van der Waals surface area contributed by atoms with Crippen LogP contribution in [0, 0.1) is 0 Å². The maximum Gasteiger partial charge on any atom is 0.354 e. The standard InChI is InChI=1S/C24H22N2O4/c1-15(11-16-9-10-25-21(12-16)24(27)28)20-7-8-22(29-2)23(26-20)30-19-13-17-5-3-4-6-18(17)14-19/h3-10,12,19H,1,11,13-14H2,2H3,(H,27,28). The summed E-state index contributed by atoms with van der Waals surface area (Å²) >= 11 is 0. The van der Waals surface area contributed by atoms with Gasteiger partial charge in [0.15, 0.2) is 5.75 Å². The van der Waals surface area contributed by atoms with Crippen molar-refractivity contribution in [1.82, 2.24) is 9.97 Å². The third-order valence-electron chi connectivity index (χ3n) is 5.16. The Labute approximate surface area is 174 Å². The summed E-state index contributed by atoms with van der Waals surface area (Å²) in [5.41, 5.74) is 4.84. The number of aromatic nitrogens is 2. The normalized spacial score (nSPS) is 13.0. The second-order valence-corrected chi connectivity index (χ2v) is 7.26. The van der Waals surface area contributed by atoms with Crippen LogP contribution in [0.4, 0.5) is 0 Å². The molecule has 0 amide bonds. The number of ether oxygens (including phenoxy) is 2. The Morgan fingerprint density at radius 1 is 1.13 bits per heavy atom. The zero-order valence-electron chi connectivity index (χ0n) is 16.7. The fourth-order valence-electron chi connectivity index (χ4n) is 3.66. The lowest BCUT2D eigenvalue weighted by Crippen LogP contribution is -2.18. The largest absolute Gasteiger partial charge is 0.491 e. The molecule has 6 nitrogen and oxygen atoms in total. The maximum atomic E-state index is 11.1. The van der Waals surface area contributed by atoms with Gasteiger partial charge < -0.3 is 14.6 Å². The second-order valence-electron chi connectivity index (χ2n) is 7.26. The average Bonchev–Trinajstić information content (AvgIpc) is 3.16. The highest BCUT2D eigenvalue weighted by molar-refractivity contribution is 5.85. The highest BCUT2D eigenvalue weighted by atomic mass is 16.5. The first-order valence-electron chi connectivity index (χ1n) is 9.68. The lowest BCUT2D eigenvalue weighted by Gasteiger charge is -2.16. The Morgan fingerprint density at radius 3 is 2.53 bits per heavy atom. The van der Waals surface area contributed by atoms with Gasteiger partial charge in [-0.05, 0) is 52.9 Å². The minimum atomic E-state index is -1.06. The first-order valence-corrected chi connectivity index (χ1v) is 9.68. The highest BCUT2D eigenvalue weighted by Crippen LogP contribution is 2.31. The summed E-state index contributed by atoms with van der Waals surface area (Å²) in [5.74, 6) is -0.0484. The molecule has 0 radical (unpaired) electrons. The molecule has 0 atom stereocenters. The van der Waals surface area contributed by atoms with E-state index < -0.39 is 5.97 Å². The number of carboxylic acid groups (broad SMARTS) is 1. The van der Waals surface area contributed by atoms with Crippen LogP contribution in [0.3, 0.4) is 0 Å². The third kappa shape index (κ3) is 4.17. The molecule has 0 spiro atoms. The van der Waals surface area contributed by atoms with Crippen LogP contribution in [0.2, 0.25) is 0 Å². The Bertz CT molecular complexity index is 1080. The van der Waals surface area contributed by atoms with Crippen molar-refractivity contribution in [2.24, 2.45) is 0 Å². The molecule has 0 saturated carbocycles. The number of aromatic carboxylic acids is 1. The van der Waals surface area contributed by atoms with Crippen molar-refractivity contribution in [3.05, 3.63) is 89.4 Å². The molecule has 30 heavy (non-hydrogen) atoms. The number of carboxylic acids is 1. The molecule has 0 fully saturated rings. The second kappa shape index (κ2) is 8.37. The number of carbonyl (C=O) groups is 1. The summed E-state index contributed by atoms with van der Waals surface area (Å²) in [6.07, 6.45) is 3.61. The van der Waals surface area contributed by atoms with E-state index in [9.17, 15) is 4.79 Å². The summed E-state index contributed by atoms with van der Waals surface area (Å²) in [6, 6.07) is 15.3. The van der Waals surface area contributed by atoms with E-state index in [1.165, 1.54) is 17.3 Å². The van der Waals surface area contributed by atoms with E-state index in [1.54, 1.807) is 19.2 Å². The van der Waals surface area contributed by atoms with Gasteiger partial charge in [0.1, 0.15) is 11.8 Å². The molecule has 2 heterocycles. The number of hydrogen-bond donors (Lipinski definition) is 1. The van der Waals surface area contributed by atoms with Gasteiger partial charge in [0.2, 0.25) is 0 Å². The first kappa shape index (κ1) is 19.6. The van der Waals surface area contributed by atoms with Crippen molar-refractivity contribution in [3.63, 3.8) is 0 Å². The zero-order chi connectivity index (χ0) is 21.1. The van der Waals surface area contributed by atoms with Crippen molar-refractivity contribution in [2.45, 2.75) is 25.4 Å². The van der Waals surface area contributed by atoms with Crippen LogP contribution >= 0.6 is 0 Å². The zero-order valence-corrected chi connectivity index (χ0v) is 16.7. The molecular weight excluding hydrogens is 380 g/mol. The fraction of sp³-hybridized carbons (Fsp3) is 0.208. The molecule has 6 heteroatoms. The molecule has 1 aliphatic carbocycles. The number of rotatable bonds is 7. The molecule has 1 N–H and O–H groups in total. The number of benzene rings is 1. The Kier molecular flexibility index (Phi) is 5.48. The van der Waals surface area contributed by atoms with Gasteiger partial charge in [0.25, 0.3) is 5.88 Å². The van der Waals surface area contributed by atoms with E-state index in [-0.39, 0.29) is 11.8 Å². The van der Waals surface area contributed by atoms with Gasteiger partial charge in [-0.25, -0.2) is 14.8 Å². The molecule has 1 aliphatic rings. The maximum absolute atomic E-state index is 11.1. The van der Waals surface area contributed by atoms with Gasteiger partial charge >= 0.3 is 5.97 Å². The predicted molar refractivity (Wildman–Crippen MR) is 113 cm³/mol. The molecule has 0 bridgehead atoms. The Morgan fingerprint density at radius 2 is 1.87 bits per heavy atom. The molecule has 152 valence electrons. The molecular formula is C24H22N2O4. The topological polar surface area (TPSA) is 81.5 Å². The Balaban J connectivity index is 1.52. The van der Waals surface area contributed by atoms with Crippen molar-refractivity contribution in [2.75, 3.05) is 7.11 Å². The van der Waals surface area contributed by atoms with Crippen molar-refractivity contribution in [3.8, 4) is 11.6 Å². The van der Waals surface area contributed by atoms with Crippen molar-refractivity contribution in [1.29, 1.82) is 0 Å². The number of nitrogens with zero attached hydrogens (tertiary/aromatic N) is 2. The lowest BCUT2D eigenvalue weighted by atomic mass is 10.0. The van der Waals surface area contributed by atoms with Crippen LogP contribution in [0.25, 0.3) is 5.57 Å². The van der Waals surface area contributed by atoms with E-state index in [0.29, 0.717) is 23.7 Å². The summed E-state index contributed by atoms with van der Waals surface area (Å²) in [6.45, 7) is 4.13. The van der Waals surface area contributed by atoms with E-state index in [1.807, 2.05) is 24.3 Å². The third-order valence-corrected chi connectivity index (χ3v) is 5.16. The number of fused-ring (bicyclic) bond motifs is 1. The van der Waals surface area contributed by atoms with E-state index in [2.05, 4.69) is 28.7 Å².